The Labute approximate surface area is 175 Å². The molecular weight excluding hydrogens is 409 g/mol. The molecule has 0 amide bonds. The largest absolute Gasteiger partial charge is 0.465 e. The Morgan fingerprint density at radius 1 is 1.13 bits per heavy atom. The van der Waals surface area contributed by atoms with Gasteiger partial charge in [-0.25, -0.2) is 4.79 Å². The fourth-order valence-electron chi connectivity index (χ4n) is 3.23. The van der Waals surface area contributed by atoms with E-state index in [0.717, 1.165) is 16.2 Å². The molecule has 0 aliphatic carbocycles. The smallest absolute Gasteiger partial charge is 0.417 e. The van der Waals surface area contributed by atoms with Gasteiger partial charge < -0.3 is 9.30 Å². The van der Waals surface area contributed by atoms with Crippen LogP contribution in [0.3, 0.4) is 0 Å². The predicted molar refractivity (Wildman–Crippen MR) is 107 cm³/mol. The fraction of sp³-hybridized carbons (Fsp3) is 0.174. The van der Waals surface area contributed by atoms with Gasteiger partial charge in [-0.05, 0) is 42.3 Å². The summed E-state index contributed by atoms with van der Waals surface area (Å²) in [6.07, 6.45) is -4.86. The molecule has 0 fully saturated rings. The van der Waals surface area contributed by atoms with E-state index in [2.05, 4.69) is 4.74 Å². The Morgan fingerprint density at radius 3 is 2.35 bits per heavy atom. The van der Waals surface area contributed by atoms with Crippen molar-refractivity contribution in [3.05, 3.63) is 92.8 Å². The highest BCUT2D eigenvalue weighted by Gasteiger charge is 2.36. The van der Waals surface area contributed by atoms with Crippen LogP contribution in [0.2, 0.25) is 0 Å². The van der Waals surface area contributed by atoms with Gasteiger partial charge >= 0.3 is 12.1 Å². The van der Waals surface area contributed by atoms with Crippen molar-refractivity contribution in [2.45, 2.75) is 19.6 Å². The Hall–Kier alpha value is -3.86. The topological polar surface area (TPSA) is 72.1 Å². The molecule has 0 atom stereocenters. The Morgan fingerprint density at radius 2 is 1.81 bits per heavy atom. The van der Waals surface area contributed by atoms with E-state index < -0.39 is 28.8 Å². The molecule has 158 valence electrons. The number of halogens is 3. The summed E-state index contributed by atoms with van der Waals surface area (Å²) in [4.78, 5) is 24.5. The number of alkyl halides is 3. The van der Waals surface area contributed by atoms with Crippen LogP contribution in [0.25, 0.3) is 11.3 Å². The van der Waals surface area contributed by atoms with E-state index in [9.17, 15) is 28.0 Å². The van der Waals surface area contributed by atoms with Gasteiger partial charge in [0.05, 0.1) is 30.5 Å². The first-order valence-electron chi connectivity index (χ1n) is 9.15. The van der Waals surface area contributed by atoms with E-state index in [1.807, 2.05) is 0 Å². The van der Waals surface area contributed by atoms with Gasteiger partial charge in [-0.2, -0.15) is 18.4 Å². The quantitative estimate of drug-likeness (QED) is 0.574. The summed E-state index contributed by atoms with van der Waals surface area (Å²) in [6.45, 7) is 1.70. The number of nitriles is 1. The first-order chi connectivity index (χ1) is 14.7. The number of aryl methyl sites for hydroxylation is 1. The third kappa shape index (κ3) is 4.51. The van der Waals surface area contributed by atoms with Gasteiger partial charge in [-0.1, -0.05) is 35.9 Å². The molecule has 0 N–H and O–H groups in total. The minimum Gasteiger partial charge on any atom is -0.465 e. The second-order valence-electron chi connectivity index (χ2n) is 6.88. The zero-order chi connectivity index (χ0) is 22.8. The summed E-state index contributed by atoms with van der Waals surface area (Å²) in [6, 6.07) is 15.1. The molecule has 0 saturated heterocycles. The van der Waals surface area contributed by atoms with E-state index in [0.29, 0.717) is 16.7 Å². The molecule has 8 heteroatoms. The molecule has 0 aliphatic rings. The van der Waals surface area contributed by atoms with Crippen molar-refractivity contribution in [1.29, 1.82) is 5.26 Å². The highest BCUT2D eigenvalue weighted by Crippen LogP contribution is 2.34. The van der Waals surface area contributed by atoms with Crippen molar-refractivity contribution in [1.82, 2.24) is 4.57 Å². The fourth-order valence-corrected chi connectivity index (χ4v) is 3.23. The molecule has 0 radical (unpaired) electrons. The first-order valence-corrected chi connectivity index (χ1v) is 9.15. The molecule has 1 aromatic heterocycles. The van der Waals surface area contributed by atoms with Gasteiger partial charge in [-0.15, -0.1) is 0 Å². The van der Waals surface area contributed by atoms with Gasteiger partial charge in [0.25, 0.3) is 5.56 Å². The summed E-state index contributed by atoms with van der Waals surface area (Å²) in [5, 5.41) is 9.27. The SMILES string of the molecule is COC(=O)c1ccc(Cn2c(-c3cccc(C)c3)cc(C(F)(F)F)c(C#N)c2=O)cc1. The van der Waals surface area contributed by atoms with E-state index in [1.165, 1.54) is 25.3 Å². The van der Waals surface area contributed by atoms with Crippen LogP contribution in [0.4, 0.5) is 13.2 Å². The Bertz CT molecular complexity index is 1240. The van der Waals surface area contributed by atoms with Crippen molar-refractivity contribution >= 4 is 5.97 Å². The summed E-state index contributed by atoms with van der Waals surface area (Å²) >= 11 is 0. The molecule has 0 unspecified atom stereocenters. The standard InChI is InChI=1S/C23H17F3N2O3/c1-14-4-3-5-17(10-14)20-11-19(23(24,25)26)18(12-27)21(29)28(20)13-15-6-8-16(9-7-15)22(30)31-2/h3-11H,13H2,1-2H3. The van der Waals surface area contributed by atoms with Crippen molar-refractivity contribution in [2.75, 3.05) is 7.11 Å². The maximum absolute atomic E-state index is 13.6. The maximum Gasteiger partial charge on any atom is 0.417 e. The van der Waals surface area contributed by atoms with Crippen LogP contribution in [-0.2, 0) is 17.5 Å². The molecule has 3 rings (SSSR count). The number of benzene rings is 2. The number of hydrogen-bond acceptors (Lipinski definition) is 4. The second kappa shape index (κ2) is 8.48. The van der Waals surface area contributed by atoms with Crippen molar-refractivity contribution < 1.29 is 22.7 Å². The number of nitrogens with zero attached hydrogens (tertiary/aromatic N) is 2. The molecule has 3 aromatic rings. The van der Waals surface area contributed by atoms with Crippen molar-refractivity contribution in [3.63, 3.8) is 0 Å². The second-order valence-corrected chi connectivity index (χ2v) is 6.88. The number of methoxy groups -OCH3 is 1. The summed E-state index contributed by atoms with van der Waals surface area (Å²) < 4.78 is 46.5. The van der Waals surface area contributed by atoms with Crippen LogP contribution in [0.1, 0.15) is 32.6 Å². The van der Waals surface area contributed by atoms with Crippen LogP contribution in [0.5, 0.6) is 0 Å². The molecule has 31 heavy (non-hydrogen) atoms. The van der Waals surface area contributed by atoms with Crippen LogP contribution in [-0.4, -0.2) is 17.6 Å². The monoisotopic (exact) mass is 426 g/mol. The van der Waals surface area contributed by atoms with Gasteiger partial charge in [0, 0.05) is 0 Å². The molecule has 5 nitrogen and oxygen atoms in total. The summed E-state index contributed by atoms with van der Waals surface area (Å²) in [7, 11) is 1.25. The number of aromatic nitrogens is 1. The number of carbonyl (C=O) groups is 1. The van der Waals surface area contributed by atoms with E-state index in [-0.39, 0.29) is 12.2 Å². The lowest BCUT2D eigenvalue weighted by Gasteiger charge is -2.18. The molecular formula is C23H17F3N2O3. The minimum atomic E-state index is -4.86. The zero-order valence-electron chi connectivity index (χ0n) is 16.7. The molecule has 0 bridgehead atoms. The lowest BCUT2D eigenvalue weighted by atomic mass is 10.0. The van der Waals surface area contributed by atoms with Crippen LogP contribution >= 0.6 is 0 Å². The third-order valence-corrected chi connectivity index (χ3v) is 4.75. The van der Waals surface area contributed by atoms with Crippen molar-refractivity contribution in [3.8, 4) is 17.3 Å². The molecule has 0 spiro atoms. The number of esters is 1. The van der Waals surface area contributed by atoms with Crippen molar-refractivity contribution in [2.24, 2.45) is 0 Å². The maximum atomic E-state index is 13.6. The van der Waals surface area contributed by atoms with Crippen LogP contribution in [0.15, 0.2) is 59.4 Å². The average Bonchev–Trinajstić information content (AvgIpc) is 2.74. The van der Waals surface area contributed by atoms with Crippen LogP contribution < -0.4 is 5.56 Å². The van der Waals surface area contributed by atoms with E-state index >= 15 is 0 Å². The van der Waals surface area contributed by atoms with E-state index in [4.69, 9.17) is 0 Å². The summed E-state index contributed by atoms with van der Waals surface area (Å²) in [5.41, 5.74) is -1.16. The number of ether oxygens (including phenoxy) is 1. The molecule has 0 saturated carbocycles. The van der Waals surface area contributed by atoms with Gasteiger partial charge in [-0.3, -0.25) is 4.79 Å². The highest BCUT2D eigenvalue weighted by atomic mass is 19.4. The first kappa shape index (κ1) is 21.8. The molecule has 0 aliphatic heterocycles. The Kier molecular flexibility index (Phi) is 5.97. The highest BCUT2D eigenvalue weighted by molar-refractivity contribution is 5.89. The van der Waals surface area contributed by atoms with Gasteiger partial charge in [0.15, 0.2) is 0 Å². The molecule has 2 aromatic carbocycles. The van der Waals surface area contributed by atoms with Crippen LogP contribution in [0, 0.1) is 18.3 Å². The minimum absolute atomic E-state index is 0.0390. The van der Waals surface area contributed by atoms with Gasteiger partial charge in [0.2, 0.25) is 0 Å². The normalized spacial score (nSPS) is 11.1. The lowest BCUT2D eigenvalue weighted by Crippen LogP contribution is -2.28. The average molecular weight is 426 g/mol. The number of carbonyl (C=O) groups excluding carboxylic acids is 1. The predicted octanol–water partition coefficient (Wildman–Crippen LogP) is 4.55. The molecule has 1 heterocycles. The number of hydrogen-bond donors (Lipinski definition) is 0. The number of pyridine rings is 1. The number of rotatable bonds is 4. The zero-order valence-corrected chi connectivity index (χ0v) is 16.7. The third-order valence-electron chi connectivity index (χ3n) is 4.75. The summed E-state index contributed by atoms with van der Waals surface area (Å²) in [5.74, 6) is -0.537. The van der Waals surface area contributed by atoms with Gasteiger partial charge in [0.1, 0.15) is 11.6 Å². The Balaban J connectivity index is 2.22. The lowest BCUT2D eigenvalue weighted by molar-refractivity contribution is -0.137. The van der Waals surface area contributed by atoms with E-state index in [1.54, 1.807) is 43.3 Å².